The molecule has 1 aromatic carbocycles. The van der Waals surface area contributed by atoms with Crippen LogP contribution < -0.4 is 0 Å². The fourth-order valence-electron chi connectivity index (χ4n) is 3.55. The highest BCUT2D eigenvalue weighted by molar-refractivity contribution is 5.76. The topological polar surface area (TPSA) is 87.2 Å². The molecule has 13 heteroatoms. The second kappa shape index (κ2) is 8.37. The molecule has 0 saturated carbocycles. The number of benzene rings is 1. The van der Waals surface area contributed by atoms with Crippen molar-refractivity contribution < 1.29 is 31.5 Å². The van der Waals surface area contributed by atoms with Crippen molar-refractivity contribution >= 4 is 22.8 Å². The van der Waals surface area contributed by atoms with Gasteiger partial charge in [0.1, 0.15) is 6.61 Å². The maximum atomic E-state index is 13.5. The van der Waals surface area contributed by atoms with Crippen molar-refractivity contribution in [2.24, 2.45) is 0 Å². The fourth-order valence-corrected chi connectivity index (χ4v) is 3.55. The van der Waals surface area contributed by atoms with E-state index in [1.54, 1.807) is 32.0 Å². The number of alkyl halides is 5. The molecule has 0 aliphatic heterocycles. The SMILES string of the molecule is Cc1nc2nc(C(F)(F)F)nn2c(C)c1CCC(=O)OCc1nc2ccccc2n1C(F)F. The minimum atomic E-state index is -4.72. The number of hydrogen-bond acceptors (Lipinski definition) is 6. The lowest BCUT2D eigenvalue weighted by atomic mass is 10.1. The van der Waals surface area contributed by atoms with Gasteiger partial charge in [0.25, 0.3) is 11.6 Å². The van der Waals surface area contributed by atoms with Gasteiger partial charge in [-0.05, 0) is 38.0 Å². The van der Waals surface area contributed by atoms with E-state index < -0.39 is 31.1 Å². The van der Waals surface area contributed by atoms with E-state index in [0.717, 1.165) is 4.52 Å². The molecule has 0 aliphatic rings. The minimum Gasteiger partial charge on any atom is -0.457 e. The van der Waals surface area contributed by atoms with Crippen LogP contribution in [0.15, 0.2) is 24.3 Å². The summed E-state index contributed by atoms with van der Waals surface area (Å²) in [6.07, 6.45) is -4.76. The molecule has 3 heterocycles. The number of halogens is 5. The number of carbonyl (C=O) groups is 1. The molecule has 0 amide bonds. The molecule has 4 rings (SSSR count). The minimum absolute atomic E-state index is 0.0997. The highest BCUT2D eigenvalue weighted by atomic mass is 19.4. The zero-order valence-corrected chi connectivity index (χ0v) is 17.4. The Morgan fingerprint density at radius 3 is 2.55 bits per heavy atom. The number of para-hydroxylation sites is 2. The molecule has 0 fully saturated rings. The van der Waals surface area contributed by atoms with Crippen molar-refractivity contribution in [3.05, 3.63) is 52.9 Å². The van der Waals surface area contributed by atoms with Crippen LogP contribution >= 0.6 is 0 Å². The Morgan fingerprint density at radius 1 is 1.12 bits per heavy atom. The Labute approximate surface area is 183 Å². The van der Waals surface area contributed by atoms with Crippen LogP contribution in [0.25, 0.3) is 16.8 Å². The van der Waals surface area contributed by atoms with Gasteiger partial charge in [-0.25, -0.2) is 14.5 Å². The molecular weight excluding hydrogens is 451 g/mol. The third-order valence-corrected chi connectivity index (χ3v) is 5.11. The number of rotatable bonds is 6. The molecule has 0 atom stereocenters. The van der Waals surface area contributed by atoms with Crippen LogP contribution in [0.4, 0.5) is 22.0 Å². The monoisotopic (exact) mass is 468 g/mol. The van der Waals surface area contributed by atoms with Crippen LogP contribution in [0.3, 0.4) is 0 Å². The summed E-state index contributed by atoms with van der Waals surface area (Å²) in [6.45, 7) is -0.188. The van der Waals surface area contributed by atoms with Gasteiger partial charge in [0, 0.05) is 17.8 Å². The third kappa shape index (κ3) is 4.34. The van der Waals surface area contributed by atoms with E-state index in [0.29, 0.717) is 27.0 Å². The van der Waals surface area contributed by atoms with E-state index in [1.165, 1.54) is 6.07 Å². The van der Waals surface area contributed by atoms with Gasteiger partial charge in [-0.2, -0.15) is 26.9 Å². The van der Waals surface area contributed by atoms with E-state index in [-0.39, 0.29) is 30.0 Å². The maximum absolute atomic E-state index is 13.5. The number of carbonyl (C=O) groups excluding carboxylic acids is 1. The molecule has 0 N–H and O–H groups in total. The number of aromatic nitrogens is 6. The molecule has 33 heavy (non-hydrogen) atoms. The van der Waals surface area contributed by atoms with Crippen molar-refractivity contribution in [2.45, 2.75) is 46.0 Å². The summed E-state index contributed by atoms with van der Waals surface area (Å²) in [7, 11) is 0. The van der Waals surface area contributed by atoms with Crippen LogP contribution in [0.2, 0.25) is 0 Å². The molecule has 174 valence electrons. The van der Waals surface area contributed by atoms with Crippen molar-refractivity contribution in [3.8, 4) is 0 Å². The molecule has 0 bridgehead atoms. The third-order valence-electron chi connectivity index (χ3n) is 5.11. The van der Waals surface area contributed by atoms with E-state index in [1.807, 2.05) is 0 Å². The first-order valence-corrected chi connectivity index (χ1v) is 9.76. The van der Waals surface area contributed by atoms with Crippen molar-refractivity contribution in [2.75, 3.05) is 0 Å². The fraction of sp³-hybridized carbons (Fsp3) is 0.350. The Balaban J connectivity index is 1.47. The van der Waals surface area contributed by atoms with Crippen LogP contribution in [0.1, 0.15) is 41.6 Å². The van der Waals surface area contributed by atoms with Crippen LogP contribution in [-0.2, 0) is 28.7 Å². The second-order valence-corrected chi connectivity index (χ2v) is 7.23. The lowest BCUT2D eigenvalue weighted by Crippen LogP contribution is -2.12. The quantitative estimate of drug-likeness (QED) is 0.312. The smallest absolute Gasteiger partial charge is 0.453 e. The first kappa shape index (κ1) is 22.6. The molecule has 3 aromatic heterocycles. The Kier molecular flexibility index (Phi) is 5.72. The van der Waals surface area contributed by atoms with E-state index in [9.17, 15) is 26.7 Å². The Hall–Kier alpha value is -3.64. The molecule has 0 spiro atoms. The number of nitrogens with zero attached hydrogens (tertiary/aromatic N) is 6. The zero-order valence-electron chi connectivity index (χ0n) is 17.4. The van der Waals surface area contributed by atoms with Gasteiger partial charge in [0.05, 0.1) is 11.0 Å². The molecule has 0 unspecified atom stereocenters. The predicted molar refractivity (Wildman–Crippen MR) is 104 cm³/mol. The van der Waals surface area contributed by atoms with Gasteiger partial charge >= 0.3 is 18.7 Å². The number of esters is 1. The van der Waals surface area contributed by atoms with Crippen molar-refractivity contribution in [1.29, 1.82) is 0 Å². The maximum Gasteiger partial charge on any atom is 0.453 e. The first-order chi connectivity index (χ1) is 15.6. The largest absolute Gasteiger partial charge is 0.457 e. The van der Waals surface area contributed by atoms with Gasteiger partial charge in [0.15, 0.2) is 5.82 Å². The van der Waals surface area contributed by atoms with Gasteiger partial charge in [0.2, 0.25) is 0 Å². The van der Waals surface area contributed by atoms with E-state index in [4.69, 9.17) is 4.74 Å². The summed E-state index contributed by atoms with van der Waals surface area (Å²) in [6, 6.07) is 6.32. The molecule has 0 radical (unpaired) electrons. The van der Waals surface area contributed by atoms with E-state index >= 15 is 0 Å². The van der Waals surface area contributed by atoms with Crippen molar-refractivity contribution in [1.82, 2.24) is 29.1 Å². The Morgan fingerprint density at radius 2 is 1.85 bits per heavy atom. The zero-order chi connectivity index (χ0) is 23.9. The van der Waals surface area contributed by atoms with E-state index in [2.05, 4.69) is 20.1 Å². The summed E-state index contributed by atoms with van der Waals surface area (Å²) in [4.78, 5) is 23.8. The van der Waals surface area contributed by atoms with Gasteiger partial charge in [-0.15, -0.1) is 5.10 Å². The normalized spacial score (nSPS) is 12.2. The summed E-state index contributed by atoms with van der Waals surface area (Å²) in [5, 5.41) is 3.46. The number of imidazole rings is 1. The first-order valence-electron chi connectivity index (χ1n) is 9.76. The predicted octanol–water partition coefficient (Wildman–Crippen LogP) is 4.18. The summed E-state index contributed by atoms with van der Waals surface area (Å²) in [5.74, 6) is -2.29. The highest BCUT2D eigenvalue weighted by Crippen LogP contribution is 2.27. The van der Waals surface area contributed by atoms with Crippen LogP contribution in [0.5, 0.6) is 0 Å². The molecule has 4 aromatic rings. The van der Waals surface area contributed by atoms with Crippen molar-refractivity contribution in [3.63, 3.8) is 0 Å². The second-order valence-electron chi connectivity index (χ2n) is 7.23. The molecule has 0 saturated heterocycles. The molecular formula is C20H17F5N6O2. The lowest BCUT2D eigenvalue weighted by Gasteiger charge is -2.11. The molecule has 8 nitrogen and oxygen atoms in total. The standard InChI is InChI=1S/C20H17F5N6O2/c1-10-12(11(2)31-19(26-10)28-17(29-31)20(23,24)25)7-8-16(32)33-9-15-27-13-5-3-4-6-14(13)30(15)18(21)22/h3-6,18H,7-9H2,1-2H3. The average Bonchev–Trinajstić information content (AvgIpc) is 3.33. The van der Waals surface area contributed by atoms with Gasteiger partial charge in [-0.3, -0.25) is 9.36 Å². The number of ether oxygens (including phenoxy) is 1. The number of hydrogen-bond donors (Lipinski definition) is 0. The van der Waals surface area contributed by atoms with Crippen LogP contribution in [-0.4, -0.2) is 35.1 Å². The molecule has 0 aliphatic carbocycles. The number of aryl methyl sites for hydroxylation is 2. The highest BCUT2D eigenvalue weighted by Gasteiger charge is 2.37. The Bertz CT molecular complexity index is 1340. The lowest BCUT2D eigenvalue weighted by molar-refractivity contribution is -0.145. The average molecular weight is 468 g/mol. The van der Waals surface area contributed by atoms with Crippen LogP contribution in [0, 0.1) is 13.8 Å². The van der Waals surface area contributed by atoms with Gasteiger partial charge in [-0.1, -0.05) is 12.1 Å². The van der Waals surface area contributed by atoms with Gasteiger partial charge < -0.3 is 4.74 Å². The summed E-state index contributed by atoms with van der Waals surface area (Å²) in [5.41, 5.74) is 1.83. The summed E-state index contributed by atoms with van der Waals surface area (Å²) < 4.78 is 72.4. The summed E-state index contributed by atoms with van der Waals surface area (Å²) >= 11 is 0. The number of fused-ring (bicyclic) bond motifs is 2.